The number of hydrogen-bond acceptors (Lipinski definition) is 4. The number of aliphatic hydroxyl groups excluding tert-OH is 1. The van der Waals surface area contributed by atoms with E-state index in [0.29, 0.717) is 18.6 Å². The fraction of sp³-hybridized carbons (Fsp3) is 0.650. The second kappa shape index (κ2) is 5.85. The lowest BCUT2D eigenvalue weighted by molar-refractivity contribution is -0.165. The number of fused-ring (bicyclic) bond motifs is 2. The van der Waals surface area contributed by atoms with Crippen LogP contribution in [0, 0.1) is 11.8 Å². The molecule has 24 heavy (non-hydrogen) atoms. The fourth-order valence-electron chi connectivity index (χ4n) is 5.94. The predicted molar refractivity (Wildman–Crippen MR) is 91.7 cm³/mol. The topological polar surface area (TPSA) is 49.8 Å². The molecule has 0 aromatic heterocycles. The van der Waals surface area contributed by atoms with Crippen molar-refractivity contribution in [3.05, 3.63) is 35.4 Å². The van der Waals surface area contributed by atoms with E-state index in [-0.39, 0.29) is 30.0 Å². The van der Waals surface area contributed by atoms with Gasteiger partial charge in [-0.1, -0.05) is 24.3 Å². The number of carbonyl (C=O) groups is 1. The van der Waals surface area contributed by atoms with Crippen LogP contribution in [0.1, 0.15) is 37.3 Å². The Morgan fingerprint density at radius 2 is 2.17 bits per heavy atom. The van der Waals surface area contributed by atoms with Crippen molar-refractivity contribution in [1.29, 1.82) is 0 Å². The zero-order chi connectivity index (χ0) is 16.9. The first kappa shape index (κ1) is 16.1. The van der Waals surface area contributed by atoms with Gasteiger partial charge >= 0.3 is 5.97 Å². The molecule has 4 aliphatic rings. The molecule has 5 atom stereocenters. The second-order valence-electron chi connectivity index (χ2n) is 7.70. The summed E-state index contributed by atoms with van der Waals surface area (Å²) in [6, 6.07) is 9.42. The average molecular weight is 329 g/mol. The molecule has 1 aromatic carbocycles. The molecule has 4 nitrogen and oxygen atoms in total. The molecular formula is C20H27NO3. The molecule has 2 saturated heterocycles. The lowest BCUT2D eigenvalue weighted by atomic mass is 9.48. The van der Waals surface area contributed by atoms with Gasteiger partial charge in [-0.15, -0.1) is 0 Å². The standard InChI is InChI=1S/C20H27NO3/c1-3-24-19(23)14-11-16-17-10-13-6-4-5-7-15(13)20(16,8-9-22)12-18(14)21(17)2/h4-7,14,16-18,22H,3,8-12H2,1-2H3/t14-,16?,17?,18?,20+/m0/s1. The average Bonchev–Trinajstić information content (AvgIpc) is 2.59. The summed E-state index contributed by atoms with van der Waals surface area (Å²) < 4.78 is 5.35. The van der Waals surface area contributed by atoms with E-state index in [9.17, 15) is 9.90 Å². The van der Waals surface area contributed by atoms with Crippen molar-refractivity contribution in [2.24, 2.45) is 11.8 Å². The summed E-state index contributed by atoms with van der Waals surface area (Å²) in [5.41, 5.74) is 2.86. The zero-order valence-corrected chi connectivity index (χ0v) is 14.6. The van der Waals surface area contributed by atoms with Gasteiger partial charge < -0.3 is 9.84 Å². The van der Waals surface area contributed by atoms with Crippen LogP contribution < -0.4 is 0 Å². The minimum Gasteiger partial charge on any atom is -0.466 e. The maximum Gasteiger partial charge on any atom is 0.310 e. The van der Waals surface area contributed by atoms with Crippen molar-refractivity contribution in [2.45, 2.75) is 50.1 Å². The van der Waals surface area contributed by atoms with Crippen molar-refractivity contribution in [1.82, 2.24) is 4.90 Å². The van der Waals surface area contributed by atoms with Crippen LogP contribution in [0.25, 0.3) is 0 Å². The molecule has 2 heterocycles. The molecule has 3 fully saturated rings. The smallest absolute Gasteiger partial charge is 0.310 e. The Kier molecular flexibility index (Phi) is 3.92. The molecule has 2 aliphatic carbocycles. The first-order valence-electron chi connectivity index (χ1n) is 9.20. The third-order valence-corrected chi connectivity index (χ3v) is 6.90. The molecule has 0 spiro atoms. The summed E-state index contributed by atoms with van der Waals surface area (Å²) >= 11 is 0. The summed E-state index contributed by atoms with van der Waals surface area (Å²) in [6.07, 6.45) is 3.69. The van der Waals surface area contributed by atoms with Gasteiger partial charge in [-0.3, -0.25) is 9.69 Å². The van der Waals surface area contributed by atoms with Crippen LogP contribution in [0.5, 0.6) is 0 Å². The number of hydrogen-bond donors (Lipinski definition) is 1. The van der Waals surface area contributed by atoms with Crippen LogP contribution in [0.3, 0.4) is 0 Å². The number of benzene rings is 1. The lowest BCUT2D eigenvalue weighted by Gasteiger charge is -2.64. The zero-order valence-electron chi connectivity index (χ0n) is 14.6. The van der Waals surface area contributed by atoms with Crippen LogP contribution in [-0.4, -0.2) is 48.3 Å². The predicted octanol–water partition coefficient (Wildman–Crippen LogP) is 2.13. The highest BCUT2D eigenvalue weighted by Gasteiger charge is 2.61. The van der Waals surface area contributed by atoms with Crippen LogP contribution in [0.4, 0.5) is 0 Å². The molecular weight excluding hydrogens is 302 g/mol. The Morgan fingerprint density at radius 3 is 2.92 bits per heavy atom. The summed E-state index contributed by atoms with van der Waals surface area (Å²) in [6.45, 7) is 2.53. The summed E-state index contributed by atoms with van der Waals surface area (Å²) in [5.74, 6) is 0.362. The van der Waals surface area contributed by atoms with E-state index >= 15 is 0 Å². The molecule has 5 rings (SSSR count). The normalized spacial score (nSPS) is 37.1. The molecule has 0 radical (unpaired) electrons. The van der Waals surface area contributed by atoms with E-state index in [1.165, 1.54) is 11.1 Å². The van der Waals surface area contributed by atoms with Gasteiger partial charge in [0, 0.05) is 24.1 Å². The SMILES string of the molecule is CCOC(=O)[C@H]1CC2C3Cc4ccccc4[C@@]2(CCO)CC1N3C. The van der Waals surface area contributed by atoms with Gasteiger partial charge in [0.05, 0.1) is 12.5 Å². The molecule has 2 aliphatic heterocycles. The van der Waals surface area contributed by atoms with Gasteiger partial charge in [0.2, 0.25) is 0 Å². The number of nitrogens with zero attached hydrogens (tertiary/aromatic N) is 1. The Morgan fingerprint density at radius 1 is 1.38 bits per heavy atom. The van der Waals surface area contributed by atoms with Gasteiger partial charge in [0.25, 0.3) is 0 Å². The number of piperidine rings is 2. The van der Waals surface area contributed by atoms with E-state index in [2.05, 4.69) is 36.2 Å². The van der Waals surface area contributed by atoms with E-state index in [1.807, 2.05) is 6.92 Å². The number of carbonyl (C=O) groups excluding carboxylic acids is 1. The van der Waals surface area contributed by atoms with Gasteiger partial charge in [-0.2, -0.15) is 0 Å². The molecule has 4 heteroatoms. The van der Waals surface area contributed by atoms with Crippen molar-refractivity contribution >= 4 is 5.97 Å². The third-order valence-electron chi connectivity index (χ3n) is 6.90. The first-order valence-corrected chi connectivity index (χ1v) is 9.20. The van der Waals surface area contributed by atoms with E-state index < -0.39 is 0 Å². The summed E-state index contributed by atoms with van der Waals surface area (Å²) in [7, 11) is 2.17. The summed E-state index contributed by atoms with van der Waals surface area (Å²) in [4.78, 5) is 14.9. The summed E-state index contributed by atoms with van der Waals surface area (Å²) in [5, 5.41) is 9.80. The van der Waals surface area contributed by atoms with E-state index in [0.717, 1.165) is 25.7 Å². The second-order valence-corrected chi connectivity index (χ2v) is 7.70. The number of likely N-dealkylation sites (N-methyl/N-ethyl adjacent to an activating group) is 1. The Hall–Kier alpha value is -1.39. The van der Waals surface area contributed by atoms with Crippen molar-refractivity contribution < 1.29 is 14.6 Å². The third kappa shape index (κ3) is 2.09. The molecule has 0 amide bonds. The molecule has 4 bridgehead atoms. The van der Waals surface area contributed by atoms with Crippen LogP contribution in [0.2, 0.25) is 0 Å². The van der Waals surface area contributed by atoms with Crippen molar-refractivity contribution in [3.8, 4) is 0 Å². The van der Waals surface area contributed by atoms with Crippen LogP contribution in [0.15, 0.2) is 24.3 Å². The van der Waals surface area contributed by atoms with Gasteiger partial charge in [-0.05, 0) is 56.7 Å². The number of ether oxygens (including phenoxy) is 1. The quantitative estimate of drug-likeness (QED) is 0.860. The minimum atomic E-state index is -0.0377. The highest BCUT2D eigenvalue weighted by molar-refractivity contribution is 5.74. The van der Waals surface area contributed by atoms with Gasteiger partial charge in [0.15, 0.2) is 0 Å². The van der Waals surface area contributed by atoms with Gasteiger partial charge in [-0.25, -0.2) is 0 Å². The Labute approximate surface area is 143 Å². The maximum atomic E-state index is 12.5. The minimum absolute atomic E-state index is 0.0201. The molecule has 1 aromatic rings. The molecule has 1 N–H and O–H groups in total. The van der Waals surface area contributed by atoms with Crippen LogP contribution >= 0.6 is 0 Å². The number of esters is 1. The number of rotatable bonds is 4. The fourth-order valence-corrected chi connectivity index (χ4v) is 5.94. The lowest BCUT2D eigenvalue weighted by Crippen LogP contribution is -2.69. The molecule has 1 saturated carbocycles. The Bertz CT molecular complexity index is 646. The molecule has 130 valence electrons. The first-order chi connectivity index (χ1) is 11.6. The number of aliphatic hydroxyl groups is 1. The highest BCUT2D eigenvalue weighted by atomic mass is 16.5. The monoisotopic (exact) mass is 329 g/mol. The van der Waals surface area contributed by atoms with Crippen molar-refractivity contribution in [2.75, 3.05) is 20.3 Å². The largest absolute Gasteiger partial charge is 0.466 e. The van der Waals surface area contributed by atoms with E-state index in [4.69, 9.17) is 4.74 Å². The van der Waals surface area contributed by atoms with E-state index in [1.54, 1.807) is 0 Å². The molecule has 3 unspecified atom stereocenters. The maximum absolute atomic E-state index is 12.5. The highest BCUT2D eigenvalue weighted by Crippen LogP contribution is 2.59. The Balaban J connectivity index is 1.77. The van der Waals surface area contributed by atoms with Crippen molar-refractivity contribution in [3.63, 3.8) is 0 Å². The van der Waals surface area contributed by atoms with Crippen LogP contribution in [-0.2, 0) is 21.4 Å². The van der Waals surface area contributed by atoms with Gasteiger partial charge in [0.1, 0.15) is 0 Å².